The highest BCUT2D eigenvalue weighted by Crippen LogP contribution is 2.40. The lowest BCUT2D eigenvalue weighted by Crippen LogP contribution is -2.48. The van der Waals surface area contributed by atoms with E-state index in [0.29, 0.717) is 6.29 Å². The van der Waals surface area contributed by atoms with E-state index >= 15 is 0 Å². The minimum atomic E-state index is -3.73. The van der Waals surface area contributed by atoms with Crippen LogP contribution in [0.5, 0.6) is 0 Å². The minimum absolute atomic E-state index is 0.205. The van der Waals surface area contributed by atoms with Crippen molar-refractivity contribution in [1.29, 1.82) is 0 Å². The van der Waals surface area contributed by atoms with Gasteiger partial charge in [-0.15, -0.1) is 0 Å². The molecule has 2 fully saturated rings. The van der Waals surface area contributed by atoms with Gasteiger partial charge >= 0.3 is 6.09 Å². The smallest absolute Gasteiger partial charge is 0.408 e. The first-order valence-electron chi connectivity index (χ1n) is 10.5. The van der Waals surface area contributed by atoms with Gasteiger partial charge in [0.15, 0.2) is 28.2 Å². The summed E-state index contributed by atoms with van der Waals surface area (Å²) in [7, 11) is -3.73. The maximum atomic E-state index is 12.4. The third-order valence-electron chi connectivity index (χ3n) is 6.62. The lowest BCUT2D eigenvalue weighted by atomic mass is 9.68. The number of hydroxylamine groups is 2. The molecule has 1 aliphatic carbocycles. The van der Waals surface area contributed by atoms with Crippen LogP contribution in [0.15, 0.2) is 24.3 Å². The SMILES string of the molecule is CC(C=O)(C[C@H]1C[N@@+](O)(c2ccc(C#C[C@H]3C[C@H](C(C)(C)O)C3)cc2)C(=O)O1)S(C)(=O)=O. The molecule has 0 bridgehead atoms. The van der Waals surface area contributed by atoms with Crippen LogP contribution < -0.4 is 4.65 Å². The maximum Gasteiger partial charge on any atom is 0.555 e. The van der Waals surface area contributed by atoms with E-state index in [1.807, 2.05) is 13.8 Å². The van der Waals surface area contributed by atoms with E-state index in [9.17, 15) is 28.3 Å². The second-order valence-electron chi connectivity index (χ2n) is 9.70. The van der Waals surface area contributed by atoms with Crippen molar-refractivity contribution in [2.45, 2.75) is 56.5 Å². The Balaban J connectivity index is 1.68. The van der Waals surface area contributed by atoms with E-state index in [1.165, 1.54) is 6.92 Å². The number of carbonyl (C=O) groups excluding carboxylic acids is 2. The van der Waals surface area contributed by atoms with Crippen molar-refractivity contribution in [3.8, 4) is 11.8 Å². The fourth-order valence-electron chi connectivity index (χ4n) is 3.98. The number of nitrogens with zero attached hydrogens (tertiary/aromatic N) is 1. The Morgan fingerprint density at radius 3 is 2.31 bits per heavy atom. The van der Waals surface area contributed by atoms with Gasteiger partial charge in [0.25, 0.3) is 0 Å². The zero-order valence-corrected chi connectivity index (χ0v) is 19.6. The van der Waals surface area contributed by atoms with Gasteiger partial charge in [-0.2, -0.15) is 4.79 Å². The van der Waals surface area contributed by atoms with Crippen LogP contribution in [0, 0.1) is 23.7 Å². The molecular formula is C23H30NO7S+. The summed E-state index contributed by atoms with van der Waals surface area (Å²) in [6, 6.07) is 6.53. The van der Waals surface area contributed by atoms with E-state index in [0.717, 1.165) is 24.7 Å². The van der Waals surface area contributed by atoms with Crippen molar-refractivity contribution in [2.24, 2.45) is 11.8 Å². The van der Waals surface area contributed by atoms with Gasteiger partial charge in [0.1, 0.15) is 11.0 Å². The monoisotopic (exact) mass is 464 g/mol. The van der Waals surface area contributed by atoms with Crippen molar-refractivity contribution < 1.29 is 33.1 Å². The number of cyclic esters (lactones) is 1. The minimum Gasteiger partial charge on any atom is -0.408 e. The largest absolute Gasteiger partial charge is 0.555 e. The molecule has 3 atom stereocenters. The van der Waals surface area contributed by atoms with E-state index in [2.05, 4.69) is 11.8 Å². The first kappa shape index (κ1) is 24.4. The molecule has 1 heterocycles. The summed E-state index contributed by atoms with van der Waals surface area (Å²) in [5.41, 5.74) is 0.300. The molecule has 9 heteroatoms. The van der Waals surface area contributed by atoms with Gasteiger partial charge in [0, 0.05) is 36.3 Å². The normalized spacial score (nSPS) is 29.8. The van der Waals surface area contributed by atoms with Crippen LogP contribution in [0.25, 0.3) is 0 Å². The topological polar surface area (TPSA) is 118 Å². The van der Waals surface area contributed by atoms with E-state index in [-0.39, 0.29) is 30.5 Å². The highest BCUT2D eigenvalue weighted by atomic mass is 32.2. The van der Waals surface area contributed by atoms with Gasteiger partial charge in [-0.05, 0) is 56.3 Å². The number of amides is 1. The molecule has 0 radical (unpaired) electrons. The summed E-state index contributed by atoms with van der Waals surface area (Å²) in [5, 5.41) is 20.9. The summed E-state index contributed by atoms with van der Waals surface area (Å²) in [4.78, 5) is 23.8. The Labute approximate surface area is 188 Å². The first-order valence-corrected chi connectivity index (χ1v) is 12.4. The van der Waals surface area contributed by atoms with Crippen molar-refractivity contribution in [3.63, 3.8) is 0 Å². The summed E-state index contributed by atoms with van der Waals surface area (Å²) < 4.78 is 26.3. The van der Waals surface area contributed by atoms with Crippen LogP contribution in [-0.4, -0.2) is 60.4 Å². The fraction of sp³-hybridized carbons (Fsp3) is 0.565. The zero-order chi connectivity index (χ0) is 23.9. The lowest BCUT2D eigenvalue weighted by molar-refractivity contribution is -0.110. The standard InChI is InChI=1S/C23H30NO7S/c1-22(2,27)18-11-17(12-18)6-5-16-7-9-19(10-8-16)24(28)14-20(31-21(24)26)13-23(3,15-25)32(4,29)30/h7-10,15,17-18,20,27-28H,11-14H2,1-4H3/q+1/t17-,18-,20-,23?,24+/m0/s1. The predicted molar refractivity (Wildman–Crippen MR) is 118 cm³/mol. The number of aldehydes is 1. The van der Waals surface area contributed by atoms with Crippen LogP contribution in [-0.2, 0) is 19.4 Å². The van der Waals surface area contributed by atoms with E-state index in [1.54, 1.807) is 24.3 Å². The molecule has 0 spiro atoms. The van der Waals surface area contributed by atoms with Gasteiger partial charge < -0.3 is 14.6 Å². The zero-order valence-electron chi connectivity index (χ0n) is 18.7. The van der Waals surface area contributed by atoms with Crippen LogP contribution in [0.2, 0.25) is 0 Å². The van der Waals surface area contributed by atoms with Gasteiger partial charge in [0.05, 0.1) is 5.60 Å². The molecule has 1 saturated heterocycles. The number of hydrogen-bond acceptors (Lipinski definition) is 7. The lowest BCUT2D eigenvalue weighted by Gasteiger charge is -2.40. The van der Waals surface area contributed by atoms with E-state index < -0.39 is 37.0 Å². The van der Waals surface area contributed by atoms with Crippen LogP contribution in [0.3, 0.4) is 0 Å². The summed E-state index contributed by atoms with van der Waals surface area (Å²) in [5.74, 6) is 6.76. The molecule has 1 aliphatic heterocycles. The predicted octanol–water partition coefficient (Wildman–Crippen LogP) is 2.44. The molecule has 3 rings (SSSR count). The number of rotatable bonds is 6. The molecule has 2 aliphatic rings. The molecule has 174 valence electrons. The Bertz CT molecular complexity index is 1060. The fourth-order valence-corrected chi connectivity index (χ4v) is 4.64. The van der Waals surface area contributed by atoms with Crippen molar-refractivity contribution >= 4 is 27.9 Å². The highest BCUT2D eigenvalue weighted by Gasteiger charge is 2.54. The number of ether oxygens (including phenoxy) is 1. The third-order valence-corrected chi connectivity index (χ3v) is 8.58. The molecular weight excluding hydrogens is 434 g/mol. The molecule has 0 aromatic heterocycles. The number of sulfone groups is 1. The van der Waals surface area contributed by atoms with Gasteiger partial charge in [-0.25, -0.2) is 13.6 Å². The Morgan fingerprint density at radius 1 is 1.22 bits per heavy atom. The third kappa shape index (κ3) is 4.74. The number of hydrogen-bond donors (Lipinski definition) is 2. The molecule has 8 nitrogen and oxygen atoms in total. The number of benzene rings is 1. The van der Waals surface area contributed by atoms with E-state index in [4.69, 9.17) is 4.74 Å². The van der Waals surface area contributed by atoms with Gasteiger partial charge in [0.2, 0.25) is 0 Å². The molecule has 1 unspecified atom stereocenters. The van der Waals surface area contributed by atoms with Crippen LogP contribution in [0.1, 0.15) is 45.6 Å². The van der Waals surface area contributed by atoms with Gasteiger partial charge in [-0.3, -0.25) is 0 Å². The van der Waals surface area contributed by atoms with Gasteiger partial charge in [-0.1, -0.05) is 11.8 Å². The first-order chi connectivity index (χ1) is 14.7. The number of aliphatic hydroxyl groups is 1. The number of carbonyl (C=O) groups is 2. The Kier molecular flexibility index (Phi) is 6.30. The molecule has 1 saturated carbocycles. The second kappa shape index (κ2) is 8.27. The molecule has 32 heavy (non-hydrogen) atoms. The summed E-state index contributed by atoms with van der Waals surface area (Å²) in [6.45, 7) is 4.68. The second-order valence-corrected chi connectivity index (χ2v) is 12.2. The molecule has 1 aromatic carbocycles. The Hall–Kier alpha value is -2.25. The van der Waals surface area contributed by atoms with Crippen molar-refractivity contribution in [3.05, 3.63) is 29.8 Å². The van der Waals surface area contributed by atoms with Crippen LogP contribution >= 0.6 is 0 Å². The van der Waals surface area contributed by atoms with Crippen molar-refractivity contribution in [1.82, 2.24) is 4.65 Å². The average molecular weight is 465 g/mol. The summed E-state index contributed by atoms with van der Waals surface area (Å²) in [6.07, 6.45) is 0.893. The molecule has 1 aromatic rings. The average Bonchev–Trinajstić information content (AvgIpc) is 2.93. The quantitative estimate of drug-likeness (QED) is 0.287. The molecule has 1 amide bonds. The summed E-state index contributed by atoms with van der Waals surface area (Å²) >= 11 is 0. The van der Waals surface area contributed by atoms with Crippen LogP contribution in [0.4, 0.5) is 10.5 Å². The maximum absolute atomic E-state index is 12.4. The Morgan fingerprint density at radius 2 is 1.81 bits per heavy atom. The highest BCUT2D eigenvalue weighted by molar-refractivity contribution is 7.92. The number of quaternary nitrogens is 1. The van der Waals surface area contributed by atoms with Crippen molar-refractivity contribution in [2.75, 3.05) is 12.8 Å². The molecule has 2 N–H and O–H groups in total.